The Bertz CT molecular complexity index is 688. The number of rotatable bonds is 4. The summed E-state index contributed by atoms with van der Waals surface area (Å²) in [5.74, 6) is 2.74. The van der Waals surface area contributed by atoms with Gasteiger partial charge in [-0.2, -0.15) is 0 Å². The lowest BCUT2D eigenvalue weighted by Gasteiger charge is -2.37. The molecule has 25 heavy (non-hydrogen) atoms. The van der Waals surface area contributed by atoms with Crippen LogP contribution in [0.2, 0.25) is 0 Å². The minimum Gasteiger partial charge on any atom is -0.497 e. The van der Waals surface area contributed by atoms with E-state index in [0.29, 0.717) is 0 Å². The highest BCUT2D eigenvalue weighted by Crippen LogP contribution is 2.23. The first-order valence-corrected chi connectivity index (χ1v) is 8.69. The van der Waals surface area contributed by atoms with Gasteiger partial charge in [0.05, 0.1) is 7.11 Å². The Morgan fingerprint density at radius 1 is 0.960 bits per heavy atom. The van der Waals surface area contributed by atoms with Gasteiger partial charge in [-0.25, -0.2) is 9.97 Å². The number of piperazine rings is 1. The second kappa shape index (κ2) is 7.17. The molecule has 0 spiro atoms. The minimum absolute atomic E-state index is 0.0152. The smallest absolute Gasteiger partial charge is 0.134 e. The number of nitrogens with one attached hydrogen (secondary N) is 1. The van der Waals surface area contributed by atoms with E-state index in [1.54, 1.807) is 13.4 Å². The average Bonchev–Trinajstić information content (AvgIpc) is 2.61. The predicted molar refractivity (Wildman–Crippen MR) is 103 cm³/mol. The standard InChI is InChI=1S/C19H27N5O/c1-19(2,3)22-17-13-18(21-14-20-17)24-11-9-23(10-12-24)15-5-7-16(25-4)8-6-15/h5-8,13-14H,9-12H2,1-4H3,(H,20,21,22). The third-order valence-corrected chi connectivity index (χ3v) is 4.20. The second-order valence-electron chi connectivity index (χ2n) is 7.31. The fraction of sp³-hybridized carbons (Fsp3) is 0.474. The van der Waals surface area contributed by atoms with Gasteiger partial charge in [0, 0.05) is 43.5 Å². The highest BCUT2D eigenvalue weighted by molar-refractivity contribution is 5.53. The summed E-state index contributed by atoms with van der Waals surface area (Å²) in [6, 6.07) is 10.3. The summed E-state index contributed by atoms with van der Waals surface area (Å²) < 4.78 is 5.23. The molecule has 6 nitrogen and oxygen atoms in total. The first kappa shape index (κ1) is 17.3. The molecule has 3 rings (SSSR count). The molecule has 0 unspecified atom stereocenters. The van der Waals surface area contributed by atoms with Gasteiger partial charge in [-0.3, -0.25) is 0 Å². The van der Waals surface area contributed by atoms with Gasteiger partial charge in [-0.1, -0.05) is 0 Å². The van der Waals surface area contributed by atoms with E-state index in [2.05, 4.69) is 58.0 Å². The summed E-state index contributed by atoms with van der Waals surface area (Å²) in [6.07, 6.45) is 1.64. The van der Waals surface area contributed by atoms with Crippen LogP contribution in [0.15, 0.2) is 36.7 Å². The molecular formula is C19H27N5O. The van der Waals surface area contributed by atoms with Crippen LogP contribution < -0.4 is 19.9 Å². The van der Waals surface area contributed by atoms with Gasteiger partial charge in [-0.15, -0.1) is 0 Å². The van der Waals surface area contributed by atoms with Crippen molar-refractivity contribution < 1.29 is 4.74 Å². The maximum atomic E-state index is 5.23. The summed E-state index contributed by atoms with van der Waals surface area (Å²) in [4.78, 5) is 13.5. The van der Waals surface area contributed by atoms with Crippen LogP contribution in [0.4, 0.5) is 17.3 Å². The first-order valence-electron chi connectivity index (χ1n) is 8.69. The third-order valence-electron chi connectivity index (χ3n) is 4.20. The lowest BCUT2D eigenvalue weighted by Crippen LogP contribution is -2.46. The van der Waals surface area contributed by atoms with E-state index in [4.69, 9.17) is 4.74 Å². The van der Waals surface area contributed by atoms with E-state index in [1.807, 2.05) is 18.2 Å². The molecule has 2 heterocycles. The Morgan fingerprint density at radius 3 is 2.20 bits per heavy atom. The first-order chi connectivity index (χ1) is 11.9. The van der Waals surface area contributed by atoms with Gasteiger partial charge in [0.1, 0.15) is 23.7 Å². The Balaban J connectivity index is 1.63. The van der Waals surface area contributed by atoms with Crippen LogP contribution in [-0.2, 0) is 0 Å². The van der Waals surface area contributed by atoms with E-state index >= 15 is 0 Å². The van der Waals surface area contributed by atoms with Crippen molar-refractivity contribution in [2.75, 3.05) is 48.4 Å². The molecule has 0 amide bonds. The molecule has 134 valence electrons. The number of benzene rings is 1. The van der Waals surface area contributed by atoms with Gasteiger partial charge in [0.2, 0.25) is 0 Å². The summed E-state index contributed by atoms with van der Waals surface area (Å²) >= 11 is 0. The van der Waals surface area contributed by atoms with Crippen LogP contribution in [0.3, 0.4) is 0 Å². The van der Waals surface area contributed by atoms with Crippen molar-refractivity contribution in [1.82, 2.24) is 9.97 Å². The quantitative estimate of drug-likeness (QED) is 0.922. The van der Waals surface area contributed by atoms with E-state index in [-0.39, 0.29) is 5.54 Å². The van der Waals surface area contributed by atoms with Gasteiger partial charge in [0.25, 0.3) is 0 Å². The SMILES string of the molecule is COc1ccc(N2CCN(c3cc(NC(C)(C)C)ncn3)CC2)cc1. The molecule has 1 saturated heterocycles. The van der Waals surface area contributed by atoms with Crippen LogP contribution in [0, 0.1) is 0 Å². The second-order valence-corrected chi connectivity index (χ2v) is 7.31. The number of methoxy groups -OCH3 is 1. The number of hydrogen-bond donors (Lipinski definition) is 1. The molecule has 0 aliphatic carbocycles. The van der Waals surface area contributed by atoms with Crippen molar-refractivity contribution in [2.45, 2.75) is 26.3 Å². The van der Waals surface area contributed by atoms with Crippen LogP contribution in [0.1, 0.15) is 20.8 Å². The Kier molecular flexibility index (Phi) is 4.97. The summed E-state index contributed by atoms with van der Waals surface area (Å²) in [5, 5.41) is 3.41. The number of ether oxygens (including phenoxy) is 1. The zero-order valence-corrected chi connectivity index (χ0v) is 15.5. The topological polar surface area (TPSA) is 53.5 Å². The number of aromatic nitrogens is 2. The Morgan fingerprint density at radius 2 is 1.60 bits per heavy atom. The molecule has 0 radical (unpaired) electrons. The maximum Gasteiger partial charge on any atom is 0.134 e. The predicted octanol–water partition coefficient (Wildman–Crippen LogP) is 3.02. The van der Waals surface area contributed by atoms with E-state index in [9.17, 15) is 0 Å². The van der Waals surface area contributed by atoms with Crippen LogP contribution >= 0.6 is 0 Å². The van der Waals surface area contributed by atoms with Gasteiger partial charge in [0.15, 0.2) is 0 Å². The van der Waals surface area contributed by atoms with E-state index < -0.39 is 0 Å². The number of hydrogen-bond acceptors (Lipinski definition) is 6. The molecule has 1 aromatic carbocycles. The molecule has 1 aromatic heterocycles. The van der Waals surface area contributed by atoms with Crippen LogP contribution in [-0.4, -0.2) is 48.8 Å². The zero-order chi connectivity index (χ0) is 17.9. The Labute approximate surface area is 149 Å². The van der Waals surface area contributed by atoms with Crippen molar-refractivity contribution >= 4 is 17.3 Å². The summed E-state index contributed by atoms with van der Waals surface area (Å²) in [6.45, 7) is 10.2. The number of nitrogens with zero attached hydrogens (tertiary/aromatic N) is 4. The molecule has 2 aromatic rings. The van der Waals surface area contributed by atoms with Gasteiger partial charge >= 0.3 is 0 Å². The zero-order valence-electron chi connectivity index (χ0n) is 15.5. The maximum absolute atomic E-state index is 5.23. The van der Waals surface area contributed by atoms with Crippen LogP contribution in [0.25, 0.3) is 0 Å². The van der Waals surface area contributed by atoms with Crippen molar-refractivity contribution in [3.8, 4) is 5.75 Å². The fourth-order valence-electron chi connectivity index (χ4n) is 2.96. The van der Waals surface area contributed by atoms with Crippen molar-refractivity contribution in [1.29, 1.82) is 0 Å². The summed E-state index contributed by atoms with van der Waals surface area (Å²) in [7, 11) is 1.69. The molecule has 0 saturated carbocycles. The average molecular weight is 341 g/mol. The Hall–Kier alpha value is -2.50. The van der Waals surface area contributed by atoms with E-state index in [0.717, 1.165) is 43.6 Å². The molecule has 1 aliphatic rings. The van der Waals surface area contributed by atoms with Crippen molar-refractivity contribution in [2.24, 2.45) is 0 Å². The highest BCUT2D eigenvalue weighted by atomic mass is 16.5. The lowest BCUT2D eigenvalue weighted by molar-refractivity contribution is 0.415. The number of anilines is 3. The monoisotopic (exact) mass is 341 g/mol. The molecule has 1 aliphatic heterocycles. The molecular weight excluding hydrogens is 314 g/mol. The van der Waals surface area contributed by atoms with Gasteiger partial charge < -0.3 is 19.9 Å². The summed E-state index contributed by atoms with van der Waals surface area (Å²) in [5.41, 5.74) is 1.22. The fourth-order valence-corrected chi connectivity index (χ4v) is 2.96. The molecule has 1 N–H and O–H groups in total. The highest BCUT2D eigenvalue weighted by Gasteiger charge is 2.19. The van der Waals surface area contributed by atoms with Crippen LogP contribution in [0.5, 0.6) is 5.75 Å². The normalized spacial score (nSPS) is 15.2. The van der Waals surface area contributed by atoms with Crippen molar-refractivity contribution in [3.05, 3.63) is 36.7 Å². The third kappa shape index (κ3) is 4.53. The van der Waals surface area contributed by atoms with E-state index in [1.165, 1.54) is 5.69 Å². The largest absolute Gasteiger partial charge is 0.497 e. The molecule has 0 atom stereocenters. The molecule has 1 fully saturated rings. The van der Waals surface area contributed by atoms with Gasteiger partial charge in [-0.05, 0) is 45.0 Å². The van der Waals surface area contributed by atoms with Crippen molar-refractivity contribution in [3.63, 3.8) is 0 Å². The lowest BCUT2D eigenvalue weighted by atomic mass is 10.1. The molecule has 6 heteroatoms. The minimum atomic E-state index is -0.0152. The molecule has 0 bridgehead atoms.